The van der Waals surface area contributed by atoms with Crippen molar-refractivity contribution in [2.45, 2.75) is 38.1 Å². The molecule has 3 aliphatic rings. The van der Waals surface area contributed by atoms with Crippen LogP contribution in [0.5, 0.6) is 0 Å². The van der Waals surface area contributed by atoms with Gasteiger partial charge < -0.3 is 10.1 Å². The van der Waals surface area contributed by atoms with Gasteiger partial charge in [-0.1, -0.05) is 19.3 Å². The van der Waals surface area contributed by atoms with Crippen molar-refractivity contribution in [3.05, 3.63) is 0 Å². The summed E-state index contributed by atoms with van der Waals surface area (Å²) in [5.74, 6) is 2.00. The van der Waals surface area contributed by atoms with Gasteiger partial charge in [-0.05, 0) is 12.8 Å². The van der Waals surface area contributed by atoms with Crippen molar-refractivity contribution in [3.8, 4) is 0 Å². The summed E-state index contributed by atoms with van der Waals surface area (Å²) in [6.07, 6.45) is 6.45. The van der Waals surface area contributed by atoms with Crippen LogP contribution in [0.15, 0.2) is 0 Å². The lowest BCUT2D eigenvalue weighted by Crippen LogP contribution is -2.51. The Morgan fingerprint density at radius 3 is 2.65 bits per heavy atom. The average Bonchev–Trinajstić information content (AvgIpc) is 3.09. The summed E-state index contributed by atoms with van der Waals surface area (Å²) >= 11 is 1.81. The molecule has 1 aliphatic carbocycles. The topological polar surface area (TPSA) is 53.6 Å². The van der Waals surface area contributed by atoms with Crippen molar-refractivity contribution in [2.75, 3.05) is 51.0 Å². The second-order valence-electron chi connectivity index (χ2n) is 6.94. The SMILES string of the molecule is Cl.O=C(NCC1(CN2CCOCC2)CCCCC1)C1CSCN1. The minimum absolute atomic E-state index is 0. The molecule has 5 nitrogen and oxygen atoms in total. The number of hydrogen-bond acceptors (Lipinski definition) is 5. The van der Waals surface area contributed by atoms with Crippen molar-refractivity contribution >= 4 is 30.1 Å². The van der Waals surface area contributed by atoms with Gasteiger partial charge in [0.25, 0.3) is 0 Å². The van der Waals surface area contributed by atoms with Crippen LogP contribution in [0.1, 0.15) is 32.1 Å². The third-order valence-electron chi connectivity index (χ3n) is 5.25. The normalized spacial score (nSPS) is 28.1. The molecule has 2 aliphatic heterocycles. The summed E-state index contributed by atoms with van der Waals surface area (Å²) in [7, 11) is 0. The van der Waals surface area contributed by atoms with Gasteiger partial charge in [0.1, 0.15) is 0 Å². The van der Waals surface area contributed by atoms with E-state index < -0.39 is 0 Å². The van der Waals surface area contributed by atoms with E-state index in [0.717, 1.165) is 51.0 Å². The van der Waals surface area contributed by atoms with Crippen molar-refractivity contribution in [2.24, 2.45) is 5.41 Å². The molecular formula is C16H30ClN3O2S. The number of nitrogens with one attached hydrogen (secondary N) is 2. The van der Waals surface area contributed by atoms with Crippen LogP contribution >= 0.6 is 24.2 Å². The fourth-order valence-electron chi connectivity index (χ4n) is 3.89. The highest BCUT2D eigenvalue weighted by Crippen LogP contribution is 2.36. The number of halogens is 1. The Morgan fingerprint density at radius 1 is 1.26 bits per heavy atom. The highest BCUT2D eigenvalue weighted by atomic mass is 35.5. The number of carbonyl (C=O) groups excluding carboxylic acids is 1. The van der Waals surface area contributed by atoms with E-state index in [1.54, 1.807) is 11.8 Å². The molecule has 134 valence electrons. The third kappa shape index (κ3) is 5.49. The van der Waals surface area contributed by atoms with E-state index in [4.69, 9.17) is 4.74 Å². The van der Waals surface area contributed by atoms with Crippen LogP contribution in [0.3, 0.4) is 0 Å². The zero-order valence-corrected chi connectivity index (χ0v) is 15.5. The number of nitrogens with zero attached hydrogens (tertiary/aromatic N) is 1. The molecule has 0 bridgehead atoms. The molecule has 1 saturated carbocycles. The van der Waals surface area contributed by atoms with Gasteiger partial charge in [0.2, 0.25) is 5.91 Å². The van der Waals surface area contributed by atoms with Crippen LogP contribution in [-0.4, -0.2) is 67.9 Å². The number of amides is 1. The maximum Gasteiger partial charge on any atom is 0.238 e. The number of carbonyl (C=O) groups is 1. The zero-order valence-electron chi connectivity index (χ0n) is 13.8. The standard InChI is InChI=1S/C16H29N3O2S.ClH/c20-15(14-10-22-13-18-14)17-11-16(4-2-1-3-5-16)12-19-6-8-21-9-7-19;/h14,18H,1-13H2,(H,17,20);1H. The van der Waals surface area contributed by atoms with Gasteiger partial charge in [0.15, 0.2) is 0 Å². The molecule has 0 aromatic rings. The van der Waals surface area contributed by atoms with Crippen molar-refractivity contribution in [3.63, 3.8) is 0 Å². The lowest BCUT2D eigenvalue weighted by molar-refractivity contribution is -0.123. The van der Waals surface area contributed by atoms with Crippen LogP contribution in [0.25, 0.3) is 0 Å². The van der Waals surface area contributed by atoms with E-state index in [1.807, 2.05) is 0 Å². The van der Waals surface area contributed by atoms with Crippen LogP contribution < -0.4 is 10.6 Å². The number of thioether (sulfide) groups is 1. The molecule has 23 heavy (non-hydrogen) atoms. The summed E-state index contributed by atoms with van der Waals surface area (Å²) in [4.78, 5) is 14.8. The summed E-state index contributed by atoms with van der Waals surface area (Å²) in [5.41, 5.74) is 0.275. The van der Waals surface area contributed by atoms with Gasteiger partial charge in [0, 0.05) is 43.2 Å². The van der Waals surface area contributed by atoms with E-state index in [9.17, 15) is 4.79 Å². The summed E-state index contributed by atoms with van der Waals surface area (Å²) in [5, 5.41) is 6.51. The number of hydrogen-bond donors (Lipinski definition) is 2. The molecule has 2 heterocycles. The highest BCUT2D eigenvalue weighted by molar-refractivity contribution is 7.99. The Balaban J connectivity index is 0.00000192. The van der Waals surface area contributed by atoms with E-state index in [-0.39, 0.29) is 29.8 Å². The van der Waals surface area contributed by atoms with Gasteiger partial charge in [0.05, 0.1) is 19.3 Å². The third-order valence-corrected chi connectivity index (χ3v) is 6.19. The van der Waals surface area contributed by atoms with Gasteiger partial charge >= 0.3 is 0 Å². The Bertz CT molecular complexity index is 368. The predicted molar refractivity (Wildman–Crippen MR) is 97.3 cm³/mol. The molecule has 2 saturated heterocycles. The van der Waals surface area contributed by atoms with Crippen molar-refractivity contribution in [1.29, 1.82) is 0 Å². The molecule has 3 rings (SSSR count). The average molecular weight is 364 g/mol. The van der Waals surface area contributed by atoms with Crippen LogP contribution in [-0.2, 0) is 9.53 Å². The van der Waals surface area contributed by atoms with Gasteiger partial charge in [-0.2, -0.15) is 0 Å². The van der Waals surface area contributed by atoms with Crippen LogP contribution in [0.4, 0.5) is 0 Å². The molecule has 2 N–H and O–H groups in total. The fourth-order valence-corrected chi connectivity index (χ4v) is 4.83. The van der Waals surface area contributed by atoms with Crippen LogP contribution in [0, 0.1) is 5.41 Å². The zero-order chi connectivity index (χ0) is 15.3. The summed E-state index contributed by atoms with van der Waals surface area (Å²) in [6.45, 7) is 5.74. The van der Waals surface area contributed by atoms with Gasteiger partial charge in [-0.15, -0.1) is 24.2 Å². The summed E-state index contributed by atoms with van der Waals surface area (Å²) in [6, 6.07) is 0.00836. The molecule has 1 atom stereocenters. The van der Waals surface area contributed by atoms with E-state index >= 15 is 0 Å². The predicted octanol–water partition coefficient (Wildman–Crippen LogP) is 1.47. The largest absolute Gasteiger partial charge is 0.379 e. The highest BCUT2D eigenvalue weighted by Gasteiger charge is 2.35. The molecule has 0 aromatic carbocycles. The first-order chi connectivity index (χ1) is 10.8. The van der Waals surface area contributed by atoms with Crippen LogP contribution in [0.2, 0.25) is 0 Å². The molecule has 1 amide bonds. The molecule has 7 heteroatoms. The van der Waals surface area contributed by atoms with Gasteiger partial charge in [-0.3, -0.25) is 15.0 Å². The first kappa shape index (κ1) is 19.3. The lowest BCUT2D eigenvalue weighted by atomic mass is 9.73. The molecule has 0 spiro atoms. The van der Waals surface area contributed by atoms with E-state index in [2.05, 4.69) is 15.5 Å². The maximum atomic E-state index is 12.3. The van der Waals surface area contributed by atoms with E-state index in [0.29, 0.717) is 0 Å². The fraction of sp³-hybridized carbons (Fsp3) is 0.938. The Morgan fingerprint density at radius 2 is 2.00 bits per heavy atom. The van der Waals surface area contributed by atoms with Crippen molar-refractivity contribution in [1.82, 2.24) is 15.5 Å². The number of rotatable bonds is 5. The lowest BCUT2D eigenvalue weighted by Gasteiger charge is -2.42. The molecule has 1 unspecified atom stereocenters. The maximum absolute atomic E-state index is 12.3. The summed E-state index contributed by atoms with van der Waals surface area (Å²) < 4.78 is 5.47. The minimum Gasteiger partial charge on any atom is -0.379 e. The first-order valence-electron chi connectivity index (χ1n) is 8.66. The molecule has 3 fully saturated rings. The second-order valence-corrected chi connectivity index (χ2v) is 7.97. The minimum atomic E-state index is 0. The van der Waals surface area contributed by atoms with E-state index in [1.165, 1.54) is 32.1 Å². The molecule has 0 radical (unpaired) electrons. The monoisotopic (exact) mass is 363 g/mol. The second kappa shape index (κ2) is 9.47. The smallest absolute Gasteiger partial charge is 0.238 e. The van der Waals surface area contributed by atoms with Crippen molar-refractivity contribution < 1.29 is 9.53 Å². The molecule has 0 aromatic heterocycles. The molecular weight excluding hydrogens is 334 g/mol. The first-order valence-corrected chi connectivity index (χ1v) is 9.82. The quantitative estimate of drug-likeness (QED) is 0.774. The van der Waals surface area contributed by atoms with Gasteiger partial charge in [-0.25, -0.2) is 0 Å². The number of morpholine rings is 1. The Hall–Kier alpha value is -0.0100. The number of ether oxygens (including phenoxy) is 1. The Labute approximate surface area is 150 Å². The Kier molecular flexibility index (Phi) is 7.95.